The van der Waals surface area contributed by atoms with Gasteiger partial charge in [-0.25, -0.2) is 9.78 Å². The molecule has 2 N–H and O–H groups in total. The molecular formula is C25H24N2O5S2. The molecule has 0 saturated carbocycles. The summed E-state index contributed by atoms with van der Waals surface area (Å²) < 4.78 is 17.4. The molecule has 7 nitrogen and oxygen atoms in total. The predicted molar refractivity (Wildman–Crippen MR) is 135 cm³/mol. The highest BCUT2D eigenvalue weighted by atomic mass is 32.2. The summed E-state index contributed by atoms with van der Waals surface area (Å²) in [5, 5.41) is 9.78. The van der Waals surface area contributed by atoms with E-state index in [-0.39, 0.29) is 11.0 Å². The molecule has 0 radical (unpaired) electrons. The van der Waals surface area contributed by atoms with Crippen molar-refractivity contribution in [2.45, 2.75) is 17.9 Å². The predicted octanol–water partition coefficient (Wildman–Crippen LogP) is 6.43. The molecule has 0 spiro atoms. The second kappa shape index (κ2) is 10.8. The van der Waals surface area contributed by atoms with Gasteiger partial charge in [0.05, 0.1) is 18.5 Å². The van der Waals surface area contributed by atoms with Gasteiger partial charge in [-0.15, -0.1) is 23.1 Å². The van der Waals surface area contributed by atoms with Crippen molar-refractivity contribution in [1.29, 1.82) is 0 Å². The number of methoxy groups -OCH3 is 1. The minimum atomic E-state index is -0.988. The number of aromatic nitrogens is 2. The number of thiazole rings is 1. The van der Waals surface area contributed by atoms with E-state index in [1.165, 1.54) is 6.20 Å². The van der Waals surface area contributed by atoms with Gasteiger partial charge in [0.15, 0.2) is 0 Å². The number of rotatable bonds is 10. The van der Waals surface area contributed by atoms with Gasteiger partial charge in [0.1, 0.15) is 33.2 Å². The zero-order valence-electron chi connectivity index (χ0n) is 18.9. The quantitative estimate of drug-likeness (QED) is 0.244. The number of benzene rings is 2. The lowest BCUT2D eigenvalue weighted by molar-refractivity contribution is 0.0702. The van der Waals surface area contributed by atoms with E-state index in [9.17, 15) is 9.90 Å². The topological polar surface area (TPSA) is 93.7 Å². The molecule has 2 heterocycles. The van der Waals surface area contributed by atoms with Crippen LogP contribution in [0.25, 0.3) is 22.0 Å². The van der Waals surface area contributed by atoms with Crippen LogP contribution in [0.3, 0.4) is 0 Å². The molecule has 0 aliphatic heterocycles. The molecule has 9 heteroatoms. The van der Waals surface area contributed by atoms with E-state index in [0.29, 0.717) is 23.1 Å². The maximum Gasteiger partial charge on any atom is 0.347 e. The van der Waals surface area contributed by atoms with Crippen molar-refractivity contribution in [3.63, 3.8) is 0 Å². The SMILES string of the molecule is COC[C@H](C)Oc1cc(Oc2ccc(SC)cc2)cc(-c2ccc(-c3ncc(C(=O)O)s3)[nH]2)c1. The Labute approximate surface area is 205 Å². The summed E-state index contributed by atoms with van der Waals surface area (Å²) >= 11 is 2.79. The lowest BCUT2D eigenvalue weighted by atomic mass is 10.1. The van der Waals surface area contributed by atoms with Crippen LogP contribution in [0, 0.1) is 0 Å². The number of carbonyl (C=O) groups is 1. The molecule has 0 amide bonds. The van der Waals surface area contributed by atoms with Gasteiger partial charge < -0.3 is 24.3 Å². The van der Waals surface area contributed by atoms with Crippen LogP contribution in [0.15, 0.2) is 65.7 Å². The number of carboxylic acids is 1. The van der Waals surface area contributed by atoms with Crippen LogP contribution in [-0.4, -0.2) is 47.1 Å². The highest BCUT2D eigenvalue weighted by molar-refractivity contribution is 7.98. The summed E-state index contributed by atoms with van der Waals surface area (Å²) in [5.41, 5.74) is 2.43. The number of carboxylic acid groups (broad SMARTS) is 1. The second-order valence-electron chi connectivity index (χ2n) is 7.47. The number of H-pyrrole nitrogens is 1. The first kappa shape index (κ1) is 23.9. The van der Waals surface area contributed by atoms with Gasteiger partial charge in [-0.2, -0.15) is 0 Å². The molecule has 34 heavy (non-hydrogen) atoms. The van der Waals surface area contributed by atoms with Crippen molar-refractivity contribution in [3.05, 3.63) is 65.7 Å². The number of aromatic amines is 1. The average molecular weight is 497 g/mol. The van der Waals surface area contributed by atoms with Crippen molar-refractivity contribution < 1.29 is 24.1 Å². The largest absolute Gasteiger partial charge is 0.488 e. The number of nitrogens with zero attached hydrogens (tertiary/aromatic N) is 1. The number of ether oxygens (including phenoxy) is 3. The lowest BCUT2D eigenvalue weighted by Crippen LogP contribution is -2.17. The number of hydrogen-bond acceptors (Lipinski definition) is 7. The number of thioether (sulfide) groups is 1. The maximum atomic E-state index is 11.2. The summed E-state index contributed by atoms with van der Waals surface area (Å²) in [4.78, 5) is 20.1. The van der Waals surface area contributed by atoms with Crippen LogP contribution in [0.1, 0.15) is 16.6 Å². The molecule has 4 aromatic rings. The molecule has 0 unspecified atom stereocenters. The smallest absolute Gasteiger partial charge is 0.347 e. The van der Waals surface area contributed by atoms with Crippen LogP contribution in [0.5, 0.6) is 17.2 Å². The zero-order chi connectivity index (χ0) is 24.1. The third kappa shape index (κ3) is 5.80. The second-order valence-corrected chi connectivity index (χ2v) is 9.39. The van der Waals surface area contributed by atoms with E-state index in [0.717, 1.165) is 38.9 Å². The number of aromatic carboxylic acids is 1. The minimum absolute atomic E-state index is 0.141. The normalized spacial score (nSPS) is 11.9. The van der Waals surface area contributed by atoms with Gasteiger partial charge in [-0.3, -0.25) is 0 Å². The average Bonchev–Trinajstić information content (AvgIpc) is 3.50. The van der Waals surface area contributed by atoms with Gasteiger partial charge in [0, 0.05) is 29.3 Å². The van der Waals surface area contributed by atoms with Gasteiger partial charge in [-0.1, -0.05) is 0 Å². The Morgan fingerprint density at radius 2 is 1.82 bits per heavy atom. The van der Waals surface area contributed by atoms with E-state index in [1.807, 2.05) is 67.8 Å². The van der Waals surface area contributed by atoms with Crippen molar-refractivity contribution in [2.75, 3.05) is 20.0 Å². The van der Waals surface area contributed by atoms with E-state index >= 15 is 0 Å². The summed E-state index contributed by atoms with van der Waals surface area (Å²) in [6.45, 7) is 2.40. The first-order valence-electron chi connectivity index (χ1n) is 10.5. The van der Waals surface area contributed by atoms with Gasteiger partial charge >= 0.3 is 5.97 Å². The summed E-state index contributed by atoms with van der Waals surface area (Å²) in [7, 11) is 1.64. The molecular weight excluding hydrogens is 472 g/mol. The summed E-state index contributed by atoms with van der Waals surface area (Å²) in [6, 6.07) is 17.4. The third-order valence-corrected chi connectivity index (χ3v) is 6.62. The highest BCUT2D eigenvalue weighted by Crippen LogP contribution is 2.35. The highest BCUT2D eigenvalue weighted by Gasteiger charge is 2.14. The van der Waals surface area contributed by atoms with Crippen molar-refractivity contribution in [2.24, 2.45) is 0 Å². The Balaban J connectivity index is 1.65. The van der Waals surface area contributed by atoms with Crippen LogP contribution in [0.4, 0.5) is 0 Å². The maximum absolute atomic E-state index is 11.2. The van der Waals surface area contributed by atoms with Crippen LogP contribution < -0.4 is 9.47 Å². The van der Waals surface area contributed by atoms with Crippen LogP contribution in [-0.2, 0) is 4.74 Å². The Morgan fingerprint density at radius 3 is 2.50 bits per heavy atom. The molecule has 2 aromatic carbocycles. The van der Waals surface area contributed by atoms with Crippen molar-refractivity contribution >= 4 is 29.1 Å². The fraction of sp³-hybridized carbons (Fsp3) is 0.200. The van der Waals surface area contributed by atoms with E-state index in [1.54, 1.807) is 18.9 Å². The Morgan fingerprint density at radius 1 is 1.09 bits per heavy atom. The van der Waals surface area contributed by atoms with Crippen molar-refractivity contribution in [1.82, 2.24) is 9.97 Å². The van der Waals surface area contributed by atoms with E-state index in [4.69, 9.17) is 14.2 Å². The van der Waals surface area contributed by atoms with Crippen LogP contribution >= 0.6 is 23.1 Å². The minimum Gasteiger partial charge on any atom is -0.488 e. The van der Waals surface area contributed by atoms with Crippen molar-refractivity contribution in [3.8, 4) is 39.2 Å². The molecule has 0 aliphatic rings. The van der Waals surface area contributed by atoms with Gasteiger partial charge in [0.2, 0.25) is 0 Å². The summed E-state index contributed by atoms with van der Waals surface area (Å²) in [6.07, 6.45) is 3.25. The van der Waals surface area contributed by atoms with Gasteiger partial charge in [0.25, 0.3) is 0 Å². The summed E-state index contributed by atoms with van der Waals surface area (Å²) in [5.74, 6) is 1.02. The first-order valence-corrected chi connectivity index (χ1v) is 12.5. The molecule has 0 bridgehead atoms. The molecule has 0 saturated heterocycles. The fourth-order valence-corrected chi connectivity index (χ4v) is 4.46. The molecule has 176 valence electrons. The van der Waals surface area contributed by atoms with Crippen LogP contribution in [0.2, 0.25) is 0 Å². The molecule has 2 aromatic heterocycles. The lowest BCUT2D eigenvalue weighted by Gasteiger charge is -2.16. The molecule has 4 rings (SSSR count). The monoisotopic (exact) mass is 496 g/mol. The Kier molecular flexibility index (Phi) is 7.56. The fourth-order valence-electron chi connectivity index (χ4n) is 3.32. The zero-order valence-corrected chi connectivity index (χ0v) is 20.5. The first-order chi connectivity index (χ1) is 16.4. The number of hydrogen-bond donors (Lipinski definition) is 2. The van der Waals surface area contributed by atoms with E-state index in [2.05, 4.69) is 9.97 Å². The Bertz CT molecular complexity index is 1270. The van der Waals surface area contributed by atoms with E-state index < -0.39 is 5.97 Å². The van der Waals surface area contributed by atoms with Gasteiger partial charge in [-0.05, 0) is 61.7 Å². The standard InChI is InChI=1S/C25H24N2O5S2/c1-15(14-30-2)31-18-10-16(11-19(12-18)32-17-4-6-20(33-3)7-5-17)21-8-9-22(27-21)24-26-13-23(34-24)25(28)29/h4-13,15,27H,14H2,1-3H3,(H,28,29)/t15-/m0/s1. The molecule has 1 atom stereocenters. The number of nitrogens with one attached hydrogen (secondary N) is 1. The third-order valence-electron chi connectivity index (χ3n) is 4.86. The molecule has 0 aliphatic carbocycles. The molecule has 0 fully saturated rings. The Hall–Kier alpha value is -3.27.